The van der Waals surface area contributed by atoms with Crippen molar-refractivity contribution in [3.05, 3.63) is 65.7 Å². The number of carboxylic acid groups (broad SMARTS) is 1. The molecule has 0 aromatic heterocycles. The predicted octanol–water partition coefficient (Wildman–Crippen LogP) is 3.79. The molecule has 1 aliphatic carbocycles. The van der Waals surface area contributed by atoms with Gasteiger partial charge >= 0.3 is 5.97 Å². The summed E-state index contributed by atoms with van der Waals surface area (Å²) in [5.41, 5.74) is 1.88. The summed E-state index contributed by atoms with van der Waals surface area (Å²) in [6.45, 7) is 0. The Balaban J connectivity index is 1.80. The van der Waals surface area contributed by atoms with Crippen LogP contribution in [0.15, 0.2) is 54.6 Å². The number of para-hydroxylation sites is 1. The number of methoxy groups -OCH3 is 1. The molecule has 1 unspecified atom stereocenters. The lowest BCUT2D eigenvalue weighted by molar-refractivity contribution is -0.144. The van der Waals surface area contributed by atoms with Gasteiger partial charge in [-0.05, 0) is 37.3 Å². The highest BCUT2D eigenvalue weighted by molar-refractivity contribution is 5.80. The first kappa shape index (κ1) is 19.0. The third kappa shape index (κ3) is 4.48. The number of aliphatic carboxylic acids is 1. The van der Waals surface area contributed by atoms with Gasteiger partial charge in [0.25, 0.3) is 0 Å². The fourth-order valence-electron chi connectivity index (χ4n) is 3.75. The Morgan fingerprint density at radius 2 is 1.56 bits per heavy atom. The number of hydrogen-bond acceptors (Lipinski definition) is 3. The van der Waals surface area contributed by atoms with Crippen LogP contribution in [0.25, 0.3) is 0 Å². The summed E-state index contributed by atoms with van der Waals surface area (Å²) in [4.78, 5) is 24.1. The van der Waals surface area contributed by atoms with Crippen LogP contribution in [0.1, 0.15) is 42.9 Å². The average molecular weight is 367 g/mol. The molecular formula is C22H25NO4. The van der Waals surface area contributed by atoms with Gasteiger partial charge in [-0.25, -0.2) is 0 Å². The normalized spacial score (nSPS) is 20.5. The molecule has 2 N–H and O–H groups in total. The smallest absolute Gasteiger partial charge is 0.306 e. The van der Waals surface area contributed by atoms with Crippen molar-refractivity contribution in [2.75, 3.05) is 7.11 Å². The van der Waals surface area contributed by atoms with Crippen molar-refractivity contribution in [3.8, 4) is 5.75 Å². The second-order valence-electron chi connectivity index (χ2n) is 6.98. The minimum Gasteiger partial charge on any atom is -0.496 e. The predicted molar refractivity (Wildman–Crippen MR) is 103 cm³/mol. The van der Waals surface area contributed by atoms with Crippen LogP contribution in [0, 0.1) is 11.8 Å². The summed E-state index contributed by atoms with van der Waals surface area (Å²) < 4.78 is 5.50. The molecule has 1 aliphatic rings. The van der Waals surface area contributed by atoms with Gasteiger partial charge in [-0.15, -0.1) is 0 Å². The van der Waals surface area contributed by atoms with Crippen molar-refractivity contribution in [2.24, 2.45) is 11.8 Å². The molecule has 1 amide bonds. The quantitative estimate of drug-likeness (QED) is 0.814. The first-order chi connectivity index (χ1) is 13.1. The number of carboxylic acids is 1. The molecule has 0 saturated heterocycles. The summed E-state index contributed by atoms with van der Waals surface area (Å²) in [5.74, 6) is -0.542. The second-order valence-corrected chi connectivity index (χ2v) is 6.98. The molecular weight excluding hydrogens is 342 g/mol. The molecule has 0 heterocycles. The van der Waals surface area contributed by atoms with Gasteiger partial charge in [-0.1, -0.05) is 48.5 Å². The molecule has 1 saturated carbocycles. The molecule has 0 aliphatic heterocycles. The summed E-state index contributed by atoms with van der Waals surface area (Å²) in [7, 11) is 1.62. The minimum atomic E-state index is -0.759. The highest BCUT2D eigenvalue weighted by Crippen LogP contribution is 2.33. The number of rotatable bonds is 6. The van der Waals surface area contributed by atoms with E-state index in [2.05, 4.69) is 5.32 Å². The van der Waals surface area contributed by atoms with E-state index in [0.29, 0.717) is 25.7 Å². The molecule has 2 aromatic rings. The highest BCUT2D eigenvalue weighted by Gasteiger charge is 2.31. The fourth-order valence-corrected chi connectivity index (χ4v) is 3.75. The van der Waals surface area contributed by atoms with Gasteiger partial charge in [0.2, 0.25) is 5.91 Å². The van der Waals surface area contributed by atoms with E-state index >= 15 is 0 Å². The Bertz CT molecular complexity index is 782. The standard InChI is InChI=1S/C22H25NO4/c1-27-19-10-6-5-9-18(19)20(15-7-3-2-4-8-15)23-21(24)16-11-13-17(14-12-16)22(25)26/h2-10,16-17,20H,11-14H2,1H3,(H,23,24)(H,25,26). The molecule has 5 heteroatoms. The number of benzene rings is 2. The molecule has 1 atom stereocenters. The third-order valence-electron chi connectivity index (χ3n) is 5.32. The summed E-state index contributed by atoms with van der Waals surface area (Å²) in [5, 5.41) is 12.3. The van der Waals surface area contributed by atoms with Gasteiger partial charge < -0.3 is 15.2 Å². The van der Waals surface area contributed by atoms with Gasteiger partial charge in [0.1, 0.15) is 5.75 Å². The average Bonchev–Trinajstić information content (AvgIpc) is 2.72. The van der Waals surface area contributed by atoms with Gasteiger partial charge in [0.15, 0.2) is 0 Å². The molecule has 3 rings (SSSR count). The van der Waals surface area contributed by atoms with Crippen LogP contribution in [0.2, 0.25) is 0 Å². The van der Waals surface area contributed by atoms with Crippen LogP contribution in [-0.4, -0.2) is 24.1 Å². The van der Waals surface area contributed by atoms with Crippen molar-refractivity contribution in [1.29, 1.82) is 0 Å². The Kier molecular flexibility index (Phi) is 6.12. The van der Waals surface area contributed by atoms with Crippen LogP contribution < -0.4 is 10.1 Å². The number of nitrogens with one attached hydrogen (secondary N) is 1. The molecule has 0 bridgehead atoms. The summed E-state index contributed by atoms with van der Waals surface area (Å²) >= 11 is 0. The fraction of sp³-hybridized carbons (Fsp3) is 0.364. The topological polar surface area (TPSA) is 75.6 Å². The lowest BCUT2D eigenvalue weighted by Crippen LogP contribution is -2.37. The maximum absolute atomic E-state index is 12.9. The summed E-state index contributed by atoms with van der Waals surface area (Å²) in [6.07, 6.45) is 2.32. The Morgan fingerprint density at radius 3 is 2.19 bits per heavy atom. The van der Waals surface area contributed by atoms with Crippen molar-refractivity contribution in [1.82, 2.24) is 5.32 Å². The highest BCUT2D eigenvalue weighted by atomic mass is 16.5. The maximum Gasteiger partial charge on any atom is 0.306 e. The third-order valence-corrected chi connectivity index (χ3v) is 5.32. The van der Waals surface area contributed by atoms with Crippen LogP contribution in [0.3, 0.4) is 0 Å². The van der Waals surface area contributed by atoms with Crippen molar-refractivity contribution >= 4 is 11.9 Å². The Morgan fingerprint density at radius 1 is 0.963 bits per heavy atom. The lowest BCUT2D eigenvalue weighted by Gasteiger charge is -2.28. The zero-order valence-electron chi connectivity index (χ0n) is 15.4. The Labute approximate surface area is 159 Å². The molecule has 142 valence electrons. The second kappa shape index (κ2) is 8.71. The van der Waals surface area contributed by atoms with E-state index in [1.807, 2.05) is 54.6 Å². The molecule has 0 spiro atoms. The SMILES string of the molecule is COc1ccccc1C(NC(=O)C1CCC(C(=O)O)CC1)c1ccccc1. The first-order valence-electron chi connectivity index (χ1n) is 9.31. The maximum atomic E-state index is 12.9. The minimum absolute atomic E-state index is 0.0291. The molecule has 1 fully saturated rings. The van der Waals surface area contributed by atoms with E-state index in [4.69, 9.17) is 9.84 Å². The van der Waals surface area contributed by atoms with Gasteiger partial charge in [-0.2, -0.15) is 0 Å². The molecule has 0 radical (unpaired) electrons. The zero-order valence-corrected chi connectivity index (χ0v) is 15.4. The molecule has 27 heavy (non-hydrogen) atoms. The number of amides is 1. The van der Waals surface area contributed by atoms with Crippen LogP contribution in [0.5, 0.6) is 5.75 Å². The monoisotopic (exact) mass is 367 g/mol. The van der Waals surface area contributed by atoms with Crippen molar-refractivity contribution in [3.63, 3.8) is 0 Å². The molecule has 5 nitrogen and oxygen atoms in total. The van der Waals surface area contributed by atoms with E-state index in [1.54, 1.807) is 7.11 Å². The molecule has 2 aromatic carbocycles. The summed E-state index contributed by atoms with van der Waals surface area (Å²) in [6, 6.07) is 17.2. The zero-order chi connectivity index (χ0) is 19.2. The van der Waals surface area contributed by atoms with Crippen LogP contribution in [0.4, 0.5) is 0 Å². The van der Waals surface area contributed by atoms with E-state index in [0.717, 1.165) is 16.9 Å². The van der Waals surface area contributed by atoms with E-state index in [-0.39, 0.29) is 23.8 Å². The van der Waals surface area contributed by atoms with Gasteiger partial charge in [0.05, 0.1) is 19.1 Å². The largest absolute Gasteiger partial charge is 0.496 e. The number of ether oxygens (including phenoxy) is 1. The van der Waals surface area contributed by atoms with E-state index in [9.17, 15) is 9.59 Å². The van der Waals surface area contributed by atoms with E-state index in [1.165, 1.54) is 0 Å². The van der Waals surface area contributed by atoms with Gasteiger partial charge in [-0.3, -0.25) is 9.59 Å². The number of carbonyl (C=O) groups is 2. The van der Waals surface area contributed by atoms with Crippen molar-refractivity contribution in [2.45, 2.75) is 31.7 Å². The van der Waals surface area contributed by atoms with Crippen LogP contribution >= 0.6 is 0 Å². The van der Waals surface area contributed by atoms with Gasteiger partial charge in [0, 0.05) is 11.5 Å². The lowest BCUT2D eigenvalue weighted by atomic mass is 9.81. The van der Waals surface area contributed by atoms with Crippen molar-refractivity contribution < 1.29 is 19.4 Å². The van der Waals surface area contributed by atoms with Crippen LogP contribution in [-0.2, 0) is 9.59 Å². The number of carbonyl (C=O) groups excluding carboxylic acids is 1. The number of hydrogen-bond donors (Lipinski definition) is 2. The Hall–Kier alpha value is -2.82. The first-order valence-corrected chi connectivity index (χ1v) is 9.31. The van der Waals surface area contributed by atoms with E-state index < -0.39 is 5.97 Å².